The lowest BCUT2D eigenvalue weighted by atomic mass is 9.81. The first-order chi connectivity index (χ1) is 16.7. The third kappa shape index (κ3) is 3.93. The normalized spacial score (nSPS) is 21.0. The second kappa shape index (κ2) is 9.66. The third-order valence-electron chi connectivity index (χ3n) is 6.86. The minimum absolute atomic E-state index is 0.146. The van der Waals surface area contributed by atoms with Crippen molar-refractivity contribution in [1.82, 2.24) is 9.80 Å². The van der Waals surface area contributed by atoms with Gasteiger partial charge in [-0.15, -0.1) is 0 Å². The molecule has 7 nitrogen and oxygen atoms in total. The van der Waals surface area contributed by atoms with Gasteiger partial charge in [-0.25, -0.2) is 0 Å². The van der Waals surface area contributed by atoms with Crippen molar-refractivity contribution in [2.75, 3.05) is 38.6 Å². The Bertz CT molecular complexity index is 1180. The molecule has 4 rings (SSSR count). The Labute approximate surface area is 206 Å². The maximum absolute atomic E-state index is 14.3. The highest BCUT2D eigenvalue weighted by atomic mass is 16.3. The number of carbonyl (C=O) groups is 3. The van der Waals surface area contributed by atoms with E-state index in [1.807, 2.05) is 63.2 Å². The van der Waals surface area contributed by atoms with E-state index in [-0.39, 0.29) is 23.8 Å². The van der Waals surface area contributed by atoms with Crippen molar-refractivity contribution in [3.8, 4) is 0 Å². The summed E-state index contributed by atoms with van der Waals surface area (Å²) in [6.07, 6.45) is 2.25. The number of para-hydroxylation sites is 1. The van der Waals surface area contributed by atoms with E-state index in [2.05, 4.69) is 0 Å². The van der Waals surface area contributed by atoms with Crippen LogP contribution in [0.4, 0.5) is 5.69 Å². The molecular weight excluding hydrogens is 442 g/mol. The number of aliphatic hydroxyl groups is 1. The Morgan fingerprint density at radius 3 is 2.31 bits per heavy atom. The van der Waals surface area contributed by atoms with Gasteiger partial charge in [0.1, 0.15) is 5.76 Å². The number of aliphatic hydroxyl groups excluding tert-OH is 1. The van der Waals surface area contributed by atoms with Crippen molar-refractivity contribution in [3.63, 3.8) is 0 Å². The molecule has 0 aliphatic carbocycles. The molecule has 0 saturated carbocycles. The molecule has 2 aliphatic rings. The van der Waals surface area contributed by atoms with Crippen LogP contribution in [0.25, 0.3) is 5.76 Å². The van der Waals surface area contributed by atoms with Gasteiger partial charge in [0.25, 0.3) is 17.6 Å². The molecular formula is C28H33N3O4. The zero-order valence-electron chi connectivity index (χ0n) is 20.9. The quantitative estimate of drug-likeness (QED) is 0.358. The van der Waals surface area contributed by atoms with Crippen molar-refractivity contribution in [3.05, 3.63) is 70.8 Å². The first-order valence-electron chi connectivity index (χ1n) is 12.2. The minimum Gasteiger partial charge on any atom is -0.507 e. The van der Waals surface area contributed by atoms with E-state index in [0.29, 0.717) is 36.3 Å². The van der Waals surface area contributed by atoms with Crippen LogP contribution in [-0.4, -0.2) is 66.2 Å². The molecule has 1 atom stereocenters. The number of fused-ring (bicyclic) bond motifs is 2. The fourth-order valence-corrected chi connectivity index (χ4v) is 5.11. The first-order valence-corrected chi connectivity index (χ1v) is 12.2. The molecule has 0 bridgehead atoms. The highest BCUT2D eigenvalue weighted by molar-refractivity contribution is 6.50. The zero-order valence-corrected chi connectivity index (χ0v) is 20.9. The van der Waals surface area contributed by atoms with Gasteiger partial charge in [-0.3, -0.25) is 14.4 Å². The van der Waals surface area contributed by atoms with Crippen molar-refractivity contribution in [2.45, 2.75) is 38.6 Å². The summed E-state index contributed by atoms with van der Waals surface area (Å²) in [5.41, 5.74) is 0.818. The van der Waals surface area contributed by atoms with Gasteiger partial charge in [0.15, 0.2) is 5.54 Å². The molecule has 2 aliphatic heterocycles. The maximum Gasteiger partial charge on any atom is 0.296 e. The SMILES string of the molecule is CCCCN1C(=O)C2(/C(=C(/O)c3ccc(C)cc3)C(=O)C(=O)N2CCCN(C)C)c2ccccc21. The number of amides is 2. The van der Waals surface area contributed by atoms with Crippen LogP contribution in [-0.2, 0) is 19.9 Å². The number of ketones is 1. The van der Waals surface area contributed by atoms with Gasteiger partial charge in [-0.1, -0.05) is 61.4 Å². The van der Waals surface area contributed by atoms with Gasteiger partial charge >= 0.3 is 0 Å². The second-order valence-corrected chi connectivity index (χ2v) is 9.57. The fourth-order valence-electron chi connectivity index (χ4n) is 5.11. The molecule has 1 unspecified atom stereocenters. The molecule has 184 valence electrons. The summed E-state index contributed by atoms with van der Waals surface area (Å²) in [4.78, 5) is 46.4. The van der Waals surface area contributed by atoms with Crippen LogP contribution in [0.3, 0.4) is 0 Å². The molecule has 2 aromatic carbocycles. The highest BCUT2D eigenvalue weighted by Crippen LogP contribution is 2.53. The van der Waals surface area contributed by atoms with Gasteiger partial charge in [-0.2, -0.15) is 0 Å². The molecule has 7 heteroatoms. The number of rotatable bonds is 8. The summed E-state index contributed by atoms with van der Waals surface area (Å²) in [5, 5.41) is 11.5. The van der Waals surface area contributed by atoms with E-state index in [0.717, 1.165) is 18.4 Å². The Balaban J connectivity index is 1.97. The summed E-state index contributed by atoms with van der Waals surface area (Å²) >= 11 is 0. The molecule has 1 N–H and O–H groups in total. The van der Waals surface area contributed by atoms with E-state index >= 15 is 0 Å². The number of aryl methyl sites for hydroxylation is 1. The van der Waals surface area contributed by atoms with E-state index in [1.54, 1.807) is 23.1 Å². The fraction of sp³-hybridized carbons (Fsp3) is 0.393. The number of hydrogen-bond donors (Lipinski definition) is 1. The van der Waals surface area contributed by atoms with E-state index in [1.165, 1.54) is 4.90 Å². The number of nitrogens with zero attached hydrogens (tertiary/aromatic N) is 3. The van der Waals surface area contributed by atoms with Crippen LogP contribution < -0.4 is 4.90 Å². The third-order valence-corrected chi connectivity index (χ3v) is 6.86. The average Bonchev–Trinajstić information content (AvgIpc) is 3.21. The Hall–Kier alpha value is -3.45. The molecule has 35 heavy (non-hydrogen) atoms. The number of benzene rings is 2. The zero-order chi connectivity index (χ0) is 25.3. The molecule has 1 fully saturated rings. The predicted octanol–water partition coefficient (Wildman–Crippen LogP) is 3.67. The molecule has 2 amide bonds. The summed E-state index contributed by atoms with van der Waals surface area (Å²) in [7, 11) is 3.87. The van der Waals surface area contributed by atoms with Gasteiger partial charge in [0, 0.05) is 24.2 Å². The molecule has 0 radical (unpaired) electrons. The Morgan fingerprint density at radius 1 is 0.971 bits per heavy atom. The predicted molar refractivity (Wildman–Crippen MR) is 136 cm³/mol. The molecule has 0 aromatic heterocycles. The van der Waals surface area contributed by atoms with E-state index < -0.39 is 17.2 Å². The van der Waals surface area contributed by atoms with Crippen LogP contribution in [0.5, 0.6) is 0 Å². The van der Waals surface area contributed by atoms with Crippen LogP contribution in [0.15, 0.2) is 54.1 Å². The molecule has 2 aromatic rings. The lowest BCUT2D eigenvalue weighted by Gasteiger charge is -2.34. The number of likely N-dealkylation sites (tertiary alicyclic amines) is 1. The second-order valence-electron chi connectivity index (χ2n) is 9.57. The highest BCUT2D eigenvalue weighted by Gasteiger charge is 2.66. The van der Waals surface area contributed by atoms with Gasteiger partial charge < -0.3 is 19.8 Å². The lowest BCUT2D eigenvalue weighted by molar-refractivity contribution is -0.143. The van der Waals surface area contributed by atoms with Crippen LogP contribution in [0.1, 0.15) is 42.9 Å². The molecule has 1 saturated heterocycles. The molecule has 2 heterocycles. The number of carbonyl (C=O) groups excluding carboxylic acids is 3. The van der Waals surface area contributed by atoms with Crippen molar-refractivity contribution in [2.24, 2.45) is 0 Å². The van der Waals surface area contributed by atoms with Gasteiger partial charge in [0.05, 0.1) is 11.3 Å². The van der Waals surface area contributed by atoms with Crippen molar-refractivity contribution < 1.29 is 19.5 Å². The number of hydrogen-bond acceptors (Lipinski definition) is 5. The maximum atomic E-state index is 14.3. The number of anilines is 1. The number of unbranched alkanes of at least 4 members (excludes halogenated alkanes) is 1. The van der Waals surface area contributed by atoms with Crippen LogP contribution in [0, 0.1) is 6.92 Å². The van der Waals surface area contributed by atoms with Gasteiger partial charge in [-0.05, 0) is 46.5 Å². The van der Waals surface area contributed by atoms with Crippen LogP contribution in [0.2, 0.25) is 0 Å². The summed E-state index contributed by atoms with van der Waals surface area (Å²) in [6, 6.07) is 14.4. The summed E-state index contributed by atoms with van der Waals surface area (Å²) in [6.45, 7) is 5.35. The van der Waals surface area contributed by atoms with E-state index in [9.17, 15) is 19.5 Å². The van der Waals surface area contributed by atoms with E-state index in [4.69, 9.17) is 0 Å². The molecule has 1 spiro atoms. The number of Topliss-reactive ketones (excluding diaryl/α,β-unsaturated/α-hetero) is 1. The van der Waals surface area contributed by atoms with Gasteiger partial charge in [0.2, 0.25) is 0 Å². The smallest absolute Gasteiger partial charge is 0.296 e. The Morgan fingerprint density at radius 2 is 1.66 bits per heavy atom. The Kier molecular flexibility index (Phi) is 6.81. The minimum atomic E-state index is -1.68. The topological polar surface area (TPSA) is 81.2 Å². The monoisotopic (exact) mass is 475 g/mol. The lowest BCUT2D eigenvalue weighted by Crippen LogP contribution is -2.52. The largest absolute Gasteiger partial charge is 0.507 e. The van der Waals surface area contributed by atoms with Crippen molar-refractivity contribution >= 4 is 29.0 Å². The summed E-state index contributed by atoms with van der Waals surface area (Å²) < 4.78 is 0. The first kappa shape index (κ1) is 24.7. The summed E-state index contributed by atoms with van der Waals surface area (Å²) in [5.74, 6) is -2.25. The average molecular weight is 476 g/mol. The van der Waals surface area contributed by atoms with Crippen molar-refractivity contribution in [1.29, 1.82) is 0 Å². The van der Waals surface area contributed by atoms with Crippen LogP contribution >= 0.6 is 0 Å². The standard InChI is InChI=1S/C28H33N3O4/c1-5-6-17-30-22-11-8-7-10-21(22)28(27(30)35)23(24(32)20-14-12-19(2)13-15-20)25(33)26(34)31(28)18-9-16-29(3)4/h7-8,10-15,32H,5-6,9,16-18H2,1-4H3/b24-23+.